The summed E-state index contributed by atoms with van der Waals surface area (Å²) in [5, 5.41) is 3.06. The van der Waals surface area contributed by atoms with E-state index in [1.165, 1.54) is 19.5 Å². The number of ether oxygens (including phenoxy) is 1. The number of hydrogen-bond acceptors (Lipinski definition) is 4. The maximum Gasteiger partial charge on any atom is 0.251 e. The first kappa shape index (κ1) is 19.2. The summed E-state index contributed by atoms with van der Waals surface area (Å²) in [7, 11) is 0. The number of amides is 1. The Bertz CT molecular complexity index is 559. The van der Waals surface area contributed by atoms with Crippen molar-refractivity contribution in [1.29, 1.82) is 0 Å². The van der Waals surface area contributed by atoms with Crippen LogP contribution in [0.3, 0.4) is 0 Å². The first-order valence-electron chi connectivity index (χ1n) is 10.0. The van der Waals surface area contributed by atoms with Crippen LogP contribution in [-0.4, -0.2) is 63.3 Å². The average Bonchev–Trinajstić information content (AvgIpc) is 2.65. The summed E-state index contributed by atoms with van der Waals surface area (Å²) >= 11 is 0. The second-order valence-electron chi connectivity index (χ2n) is 7.96. The van der Waals surface area contributed by atoms with E-state index in [1.807, 2.05) is 24.3 Å². The molecule has 26 heavy (non-hydrogen) atoms. The lowest BCUT2D eigenvalue weighted by Crippen LogP contribution is -2.40. The molecule has 5 nitrogen and oxygen atoms in total. The van der Waals surface area contributed by atoms with E-state index in [9.17, 15) is 4.79 Å². The van der Waals surface area contributed by atoms with Crippen molar-refractivity contribution >= 4 is 11.6 Å². The maximum absolute atomic E-state index is 12.3. The van der Waals surface area contributed by atoms with Crippen molar-refractivity contribution < 1.29 is 9.53 Å². The van der Waals surface area contributed by atoms with Crippen LogP contribution < -0.4 is 10.2 Å². The van der Waals surface area contributed by atoms with Gasteiger partial charge in [0.25, 0.3) is 5.91 Å². The molecular formula is C21H33N3O2. The summed E-state index contributed by atoms with van der Waals surface area (Å²) in [4.78, 5) is 17.2. The Morgan fingerprint density at radius 2 is 1.77 bits per heavy atom. The SMILES string of the molecule is CC1CC(C)CN(CCCNC(=O)c2ccc(N3CCOCC3)cc2)C1. The minimum absolute atomic E-state index is 0.0268. The van der Waals surface area contributed by atoms with Crippen LogP contribution in [0.15, 0.2) is 24.3 Å². The van der Waals surface area contributed by atoms with Gasteiger partial charge in [0.2, 0.25) is 0 Å². The molecule has 2 unspecified atom stereocenters. The number of anilines is 1. The molecule has 2 heterocycles. The Morgan fingerprint density at radius 1 is 1.12 bits per heavy atom. The van der Waals surface area contributed by atoms with Gasteiger partial charge in [0.15, 0.2) is 0 Å². The van der Waals surface area contributed by atoms with Gasteiger partial charge in [0.05, 0.1) is 13.2 Å². The zero-order chi connectivity index (χ0) is 18.4. The summed E-state index contributed by atoms with van der Waals surface area (Å²) in [5.74, 6) is 1.61. The Morgan fingerprint density at radius 3 is 2.42 bits per heavy atom. The van der Waals surface area contributed by atoms with Crippen molar-refractivity contribution in [2.45, 2.75) is 26.7 Å². The lowest BCUT2D eigenvalue weighted by molar-refractivity contribution is 0.0947. The topological polar surface area (TPSA) is 44.8 Å². The second-order valence-corrected chi connectivity index (χ2v) is 7.96. The fourth-order valence-electron chi connectivity index (χ4n) is 4.23. The number of morpholine rings is 1. The molecule has 2 aliphatic heterocycles. The second kappa shape index (κ2) is 9.38. The predicted octanol–water partition coefficient (Wildman–Crippen LogP) is 2.62. The predicted molar refractivity (Wildman–Crippen MR) is 106 cm³/mol. The molecule has 0 radical (unpaired) electrons. The number of likely N-dealkylation sites (tertiary alicyclic amines) is 1. The van der Waals surface area contributed by atoms with Gasteiger partial charge in [-0.1, -0.05) is 13.8 Å². The number of carbonyl (C=O) groups excluding carboxylic acids is 1. The molecule has 1 N–H and O–H groups in total. The third kappa shape index (κ3) is 5.45. The number of nitrogens with zero attached hydrogens (tertiary/aromatic N) is 2. The summed E-state index contributed by atoms with van der Waals surface area (Å²) in [6.45, 7) is 12.3. The van der Waals surface area contributed by atoms with Crippen LogP contribution in [0.1, 0.15) is 37.0 Å². The van der Waals surface area contributed by atoms with E-state index in [0.29, 0.717) is 0 Å². The lowest BCUT2D eigenvalue weighted by atomic mass is 9.92. The highest BCUT2D eigenvalue weighted by Gasteiger charge is 2.21. The molecule has 0 bridgehead atoms. The third-order valence-electron chi connectivity index (χ3n) is 5.39. The molecule has 0 aliphatic carbocycles. The van der Waals surface area contributed by atoms with Crippen LogP contribution >= 0.6 is 0 Å². The highest BCUT2D eigenvalue weighted by atomic mass is 16.5. The van der Waals surface area contributed by atoms with E-state index in [0.717, 1.165) is 68.9 Å². The molecule has 1 amide bonds. The van der Waals surface area contributed by atoms with Crippen LogP contribution in [-0.2, 0) is 4.74 Å². The van der Waals surface area contributed by atoms with Gasteiger partial charge in [-0.2, -0.15) is 0 Å². The number of nitrogens with one attached hydrogen (secondary N) is 1. The van der Waals surface area contributed by atoms with E-state index < -0.39 is 0 Å². The van der Waals surface area contributed by atoms with Gasteiger partial charge in [0, 0.05) is 44.0 Å². The third-order valence-corrected chi connectivity index (χ3v) is 5.39. The summed E-state index contributed by atoms with van der Waals surface area (Å²) in [6.07, 6.45) is 2.35. The van der Waals surface area contributed by atoms with E-state index in [4.69, 9.17) is 4.74 Å². The summed E-state index contributed by atoms with van der Waals surface area (Å²) in [6, 6.07) is 7.93. The molecule has 5 heteroatoms. The quantitative estimate of drug-likeness (QED) is 0.793. The standard InChI is InChI=1S/C21H33N3O2/c1-17-14-18(2)16-23(15-17)9-3-8-22-21(25)19-4-6-20(7-5-19)24-10-12-26-13-11-24/h4-7,17-18H,3,8-16H2,1-2H3,(H,22,25). The van der Waals surface area contributed by atoms with E-state index in [-0.39, 0.29) is 5.91 Å². The molecule has 3 rings (SSSR count). The minimum atomic E-state index is 0.0268. The summed E-state index contributed by atoms with van der Waals surface area (Å²) in [5.41, 5.74) is 1.90. The van der Waals surface area contributed by atoms with Gasteiger partial charge >= 0.3 is 0 Å². The largest absolute Gasteiger partial charge is 0.378 e. The maximum atomic E-state index is 12.3. The summed E-state index contributed by atoms with van der Waals surface area (Å²) < 4.78 is 5.38. The van der Waals surface area contributed by atoms with Gasteiger partial charge in [-0.05, 0) is 55.5 Å². The normalized spacial score (nSPS) is 24.5. The molecule has 1 aromatic rings. The molecule has 2 aliphatic rings. The van der Waals surface area contributed by atoms with Crippen LogP contribution in [0.4, 0.5) is 5.69 Å². The Balaban J connectivity index is 1.39. The lowest BCUT2D eigenvalue weighted by Gasteiger charge is -2.34. The number of hydrogen-bond donors (Lipinski definition) is 1. The Hall–Kier alpha value is -1.59. The van der Waals surface area contributed by atoms with Crippen LogP contribution in [0.25, 0.3) is 0 Å². The Labute approximate surface area is 157 Å². The number of rotatable bonds is 6. The molecule has 144 valence electrons. The van der Waals surface area contributed by atoms with Crippen molar-refractivity contribution in [2.75, 3.05) is 57.4 Å². The van der Waals surface area contributed by atoms with E-state index >= 15 is 0 Å². The van der Waals surface area contributed by atoms with Crippen molar-refractivity contribution in [3.05, 3.63) is 29.8 Å². The van der Waals surface area contributed by atoms with Crippen molar-refractivity contribution in [2.24, 2.45) is 11.8 Å². The number of benzene rings is 1. The van der Waals surface area contributed by atoms with Crippen molar-refractivity contribution in [1.82, 2.24) is 10.2 Å². The van der Waals surface area contributed by atoms with Gasteiger partial charge < -0.3 is 19.9 Å². The average molecular weight is 360 g/mol. The number of carbonyl (C=O) groups is 1. The van der Waals surface area contributed by atoms with Crippen LogP contribution in [0.5, 0.6) is 0 Å². The Kier molecular flexibility index (Phi) is 6.92. The van der Waals surface area contributed by atoms with Gasteiger partial charge in [-0.3, -0.25) is 4.79 Å². The smallest absolute Gasteiger partial charge is 0.251 e. The van der Waals surface area contributed by atoms with E-state index in [2.05, 4.69) is 29.0 Å². The van der Waals surface area contributed by atoms with Gasteiger partial charge in [-0.25, -0.2) is 0 Å². The monoisotopic (exact) mass is 359 g/mol. The fraction of sp³-hybridized carbons (Fsp3) is 0.667. The molecule has 2 saturated heterocycles. The highest BCUT2D eigenvalue weighted by molar-refractivity contribution is 5.94. The molecule has 0 spiro atoms. The zero-order valence-electron chi connectivity index (χ0n) is 16.2. The molecule has 2 atom stereocenters. The van der Waals surface area contributed by atoms with Crippen molar-refractivity contribution in [3.63, 3.8) is 0 Å². The fourth-order valence-corrected chi connectivity index (χ4v) is 4.23. The van der Waals surface area contributed by atoms with Gasteiger partial charge in [0.1, 0.15) is 0 Å². The zero-order valence-corrected chi connectivity index (χ0v) is 16.2. The van der Waals surface area contributed by atoms with Crippen molar-refractivity contribution in [3.8, 4) is 0 Å². The molecule has 0 saturated carbocycles. The van der Waals surface area contributed by atoms with Gasteiger partial charge in [-0.15, -0.1) is 0 Å². The molecule has 1 aromatic carbocycles. The van der Waals surface area contributed by atoms with Crippen LogP contribution in [0, 0.1) is 11.8 Å². The first-order chi connectivity index (χ1) is 12.6. The minimum Gasteiger partial charge on any atom is -0.378 e. The molecule has 0 aromatic heterocycles. The first-order valence-corrected chi connectivity index (χ1v) is 10.0. The highest BCUT2D eigenvalue weighted by Crippen LogP contribution is 2.20. The molecular weight excluding hydrogens is 326 g/mol. The van der Waals surface area contributed by atoms with E-state index in [1.54, 1.807) is 0 Å². The van der Waals surface area contributed by atoms with Crippen LogP contribution in [0.2, 0.25) is 0 Å². The number of piperidine rings is 1. The molecule has 2 fully saturated rings.